The highest BCUT2D eigenvalue weighted by atomic mass is 16.1. The maximum Gasteiger partial charge on any atom is 0.223 e. The summed E-state index contributed by atoms with van der Waals surface area (Å²) in [6, 6.07) is 6.49. The third kappa shape index (κ3) is 4.29. The van der Waals surface area contributed by atoms with Crippen LogP contribution in [0.4, 0.5) is 0 Å². The molecule has 3 rings (SSSR count). The van der Waals surface area contributed by atoms with Gasteiger partial charge in [0.2, 0.25) is 5.91 Å². The van der Waals surface area contributed by atoms with Crippen molar-refractivity contribution in [1.29, 1.82) is 0 Å². The number of aromatic nitrogens is 1. The van der Waals surface area contributed by atoms with Crippen LogP contribution >= 0.6 is 0 Å². The lowest BCUT2D eigenvalue weighted by Gasteiger charge is -2.32. The summed E-state index contributed by atoms with van der Waals surface area (Å²) in [4.78, 5) is 19.2. The number of hydrogen-bond donors (Lipinski definition) is 1. The Bertz CT molecular complexity index is 462. The van der Waals surface area contributed by atoms with Crippen molar-refractivity contribution in [1.82, 2.24) is 15.2 Å². The maximum absolute atomic E-state index is 12.4. The zero-order chi connectivity index (χ0) is 15.2. The second-order valence-corrected chi connectivity index (χ2v) is 6.72. The van der Waals surface area contributed by atoms with Crippen molar-refractivity contribution in [3.05, 3.63) is 30.1 Å². The Morgan fingerprint density at radius 2 is 1.91 bits per heavy atom. The molecule has 1 amide bonds. The molecule has 4 heteroatoms. The average molecular weight is 301 g/mol. The molecule has 1 aliphatic carbocycles. The maximum atomic E-state index is 12.4. The Labute approximate surface area is 133 Å². The average Bonchev–Trinajstić information content (AvgIpc) is 2.57. The first-order valence-electron chi connectivity index (χ1n) is 8.74. The molecule has 2 fully saturated rings. The molecule has 1 aromatic heterocycles. The second kappa shape index (κ2) is 7.73. The summed E-state index contributed by atoms with van der Waals surface area (Å²) in [5, 5.41) is 3.28. The smallest absolute Gasteiger partial charge is 0.223 e. The van der Waals surface area contributed by atoms with Gasteiger partial charge in [0.25, 0.3) is 0 Å². The number of nitrogens with zero attached hydrogens (tertiary/aromatic N) is 2. The summed E-state index contributed by atoms with van der Waals surface area (Å²) in [6.07, 6.45) is 10.0. The summed E-state index contributed by atoms with van der Waals surface area (Å²) in [6.45, 7) is 2.90. The highest BCUT2D eigenvalue weighted by Gasteiger charge is 2.27. The van der Waals surface area contributed by atoms with Gasteiger partial charge in [-0.05, 0) is 50.9 Å². The summed E-state index contributed by atoms with van der Waals surface area (Å²) in [5.74, 6) is 0.506. The van der Waals surface area contributed by atoms with E-state index in [1.165, 1.54) is 32.1 Å². The van der Waals surface area contributed by atoms with Gasteiger partial charge >= 0.3 is 0 Å². The topological polar surface area (TPSA) is 45.2 Å². The number of rotatable bonds is 4. The van der Waals surface area contributed by atoms with Crippen LogP contribution in [0.5, 0.6) is 0 Å². The summed E-state index contributed by atoms with van der Waals surface area (Å²) < 4.78 is 0. The molecular formula is C18H27N3O. The van der Waals surface area contributed by atoms with Crippen LogP contribution in [0.3, 0.4) is 0 Å². The lowest BCUT2D eigenvalue weighted by atomic mass is 9.92. The summed E-state index contributed by atoms with van der Waals surface area (Å²) >= 11 is 0. The van der Waals surface area contributed by atoms with Crippen LogP contribution in [0.2, 0.25) is 0 Å². The van der Waals surface area contributed by atoms with Crippen LogP contribution in [0, 0.1) is 5.92 Å². The van der Waals surface area contributed by atoms with Crippen LogP contribution < -0.4 is 5.32 Å². The lowest BCUT2D eigenvalue weighted by molar-refractivity contribution is -0.127. The van der Waals surface area contributed by atoms with E-state index in [9.17, 15) is 4.79 Å². The number of pyridine rings is 1. The van der Waals surface area contributed by atoms with Crippen molar-refractivity contribution in [2.24, 2.45) is 5.92 Å². The minimum atomic E-state index is 0.210. The molecule has 1 N–H and O–H groups in total. The van der Waals surface area contributed by atoms with Crippen molar-refractivity contribution in [3.8, 4) is 0 Å². The van der Waals surface area contributed by atoms with Crippen LogP contribution in [0.25, 0.3) is 0 Å². The SMILES string of the molecule is O=C(NC1CCCCC1)C1CCN(Cc2ccccn2)CC1. The van der Waals surface area contributed by atoms with Gasteiger partial charge in [-0.3, -0.25) is 14.7 Å². The van der Waals surface area contributed by atoms with Crippen molar-refractivity contribution in [2.75, 3.05) is 13.1 Å². The number of piperidine rings is 1. The number of nitrogens with one attached hydrogen (secondary N) is 1. The molecule has 1 saturated carbocycles. The lowest BCUT2D eigenvalue weighted by Crippen LogP contribution is -2.44. The summed E-state index contributed by atoms with van der Waals surface area (Å²) in [7, 11) is 0. The fourth-order valence-corrected chi connectivity index (χ4v) is 3.64. The molecule has 1 aromatic rings. The van der Waals surface area contributed by atoms with Gasteiger partial charge in [-0.2, -0.15) is 0 Å². The van der Waals surface area contributed by atoms with Crippen LogP contribution in [0.15, 0.2) is 24.4 Å². The van der Waals surface area contributed by atoms with Gasteiger partial charge in [-0.1, -0.05) is 25.3 Å². The van der Waals surface area contributed by atoms with Crippen molar-refractivity contribution < 1.29 is 4.79 Å². The van der Waals surface area contributed by atoms with Crippen LogP contribution in [-0.4, -0.2) is 34.9 Å². The minimum Gasteiger partial charge on any atom is -0.353 e. The van der Waals surface area contributed by atoms with E-state index in [1.807, 2.05) is 18.3 Å². The first-order chi connectivity index (χ1) is 10.8. The van der Waals surface area contributed by atoms with Crippen molar-refractivity contribution in [3.63, 3.8) is 0 Å². The van der Waals surface area contributed by atoms with E-state index in [-0.39, 0.29) is 5.92 Å². The monoisotopic (exact) mass is 301 g/mol. The normalized spacial score (nSPS) is 21.6. The molecule has 2 heterocycles. The number of carbonyl (C=O) groups is 1. The fraction of sp³-hybridized carbons (Fsp3) is 0.667. The van der Waals surface area contributed by atoms with Gasteiger partial charge in [0.15, 0.2) is 0 Å². The standard InChI is InChI=1S/C18H27N3O/c22-18(20-16-6-2-1-3-7-16)15-9-12-21(13-10-15)14-17-8-4-5-11-19-17/h4-5,8,11,15-16H,1-3,6-7,9-10,12-14H2,(H,20,22). The molecule has 0 atom stereocenters. The van der Waals surface area contributed by atoms with Gasteiger partial charge in [0, 0.05) is 24.7 Å². The Morgan fingerprint density at radius 1 is 1.14 bits per heavy atom. The van der Waals surface area contributed by atoms with Crippen LogP contribution in [0.1, 0.15) is 50.6 Å². The minimum absolute atomic E-state index is 0.210. The van der Waals surface area contributed by atoms with Gasteiger partial charge < -0.3 is 5.32 Å². The Morgan fingerprint density at radius 3 is 2.59 bits per heavy atom. The van der Waals surface area contributed by atoms with Gasteiger partial charge in [0.05, 0.1) is 5.69 Å². The molecule has 1 aliphatic heterocycles. The molecule has 22 heavy (non-hydrogen) atoms. The van der Waals surface area contributed by atoms with Crippen molar-refractivity contribution in [2.45, 2.75) is 57.5 Å². The Kier molecular flexibility index (Phi) is 5.43. The largest absolute Gasteiger partial charge is 0.353 e. The number of hydrogen-bond acceptors (Lipinski definition) is 3. The fourth-order valence-electron chi connectivity index (χ4n) is 3.64. The van der Waals surface area contributed by atoms with E-state index < -0.39 is 0 Å². The Hall–Kier alpha value is -1.42. The zero-order valence-electron chi connectivity index (χ0n) is 13.3. The summed E-state index contributed by atoms with van der Waals surface area (Å²) in [5.41, 5.74) is 1.12. The molecule has 120 valence electrons. The molecule has 0 bridgehead atoms. The number of amides is 1. The first-order valence-corrected chi connectivity index (χ1v) is 8.74. The van der Waals surface area contributed by atoms with E-state index in [2.05, 4.69) is 21.3 Å². The number of carbonyl (C=O) groups excluding carboxylic acids is 1. The number of likely N-dealkylation sites (tertiary alicyclic amines) is 1. The molecule has 4 nitrogen and oxygen atoms in total. The van der Waals surface area contributed by atoms with E-state index in [0.717, 1.165) is 38.2 Å². The van der Waals surface area contributed by atoms with Gasteiger partial charge in [-0.25, -0.2) is 0 Å². The molecule has 0 radical (unpaired) electrons. The third-order valence-corrected chi connectivity index (χ3v) is 5.02. The van der Waals surface area contributed by atoms with E-state index in [0.29, 0.717) is 11.9 Å². The highest BCUT2D eigenvalue weighted by Crippen LogP contribution is 2.21. The highest BCUT2D eigenvalue weighted by molar-refractivity contribution is 5.79. The zero-order valence-corrected chi connectivity index (χ0v) is 13.3. The quantitative estimate of drug-likeness (QED) is 0.930. The Balaban J connectivity index is 1.42. The van der Waals surface area contributed by atoms with Gasteiger partial charge in [-0.15, -0.1) is 0 Å². The van der Waals surface area contributed by atoms with Gasteiger partial charge in [0.1, 0.15) is 0 Å². The predicted octanol–water partition coefficient (Wildman–Crippen LogP) is 2.74. The van der Waals surface area contributed by atoms with Crippen LogP contribution in [-0.2, 0) is 11.3 Å². The molecule has 0 aromatic carbocycles. The molecule has 0 spiro atoms. The van der Waals surface area contributed by atoms with E-state index >= 15 is 0 Å². The first kappa shape index (κ1) is 15.5. The molecule has 2 aliphatic rings. The van der Waals surface area contributed by atoms with Crippen molar-refractivity contribution >= 4 is 5.91 Å². The third-order valence-electron chi connectivity index (χ3n) is 5.02. The molecular weight excluding hydrogens is 274 g/mol. The second-order valence-electron chi connectivity index (χ2n) is 6.72. The molecule has 0 unspecified atom stereocenters. The predicted molar refractivity (Wildman–Crippen MR) is 87.3 cm³/mol. The van der Waals surface area contributed by atoms with E-state index in [4.69, 9.17) is 0 Å². The van der Waals surface area contributed by atoms with E-state index in [1.54, 1.807) is 0 Å². The molecule has 1 saturated heterocycles.